The Labute approximate surface area is 195 Å². The van der Waals surface area contributed by atoms with Crippen molar-refractivity contribution < 1.29 is 23.4 Å². The number of thioether (sulfide) groups is 1. The molecular weight excluding hydrogens is 447 g/mol. The Hall–Kier alpha value is -3.27. The van der Waals surface area contributed by atoms with Crippen molar-refractivity contribution in [1.29, 1.82) is 0 Å². The third-order valence-electron chi connectivity index (χ3n) is 5.43. The summed E-state index contributed by atoms with van der Waals surface area (Å²) in [5.74, 6) is 1.50. The van der Waals surface area contributed by atoms with Gasteiger partial charge in [0.05, 0.1) is 32.8 Å². The first-order valence-corrected chi connectivity index (χ1v) is 11.5. The van der Waals surface area contributed by atoms with Gasteiger partial charge in [-0.2, -0.15) is 0 Å². The summed E-state index contributed by atoms with van der Waals surface area (Å²) >= 11 is 1.23. The maximum Gasteiger partial charge on any atom is 0.233 e. The van der Waals surface area contributed by atoms with Crippen molar-refractivity contribution in [3.63, 3.8) is 0 Å². The zero-order valence-corrected chi connectivity index (χ0v) is 19.5. The van der Waals surface area contributed by atoms with E-state index in [1.54, 1.807) is 34.9 Å². The third-order valence-corrected chi connectivity index (χ3v) is 6.35. The topological polar surface area (TPSA) is 78.7 Å². The number of benzene rings is 2. The monoisotopic (exact) mass is 472 g/mol. The fraction of sp³-hybridized carbons (Fsp3) is 0.348. The first-order valence-electron chi connectivity index (χ1n) is 10.5. The van der Waals surface area contributed by atoms with E-state index in [0.717, 1.165) is 25.9 Å². The molecule has 8 nitrogen and oxygen atoms in total. The van der Waals surface area contributed by atoms with E-state index in [-0.39, 0.29) is 17.3 Å². The van der Waals surface area contributed by atoms with Crippen LogP contribution in [0.15, 0.2) is 41.6 Å². The number of ether oxygens (including phenoxy) is 3. The van der Waals surface area contributed by atoms with Gasteiger partial charge in [-0.3, -0.25) is 9.36 Å². The van der Waals surface area contributed by atoms with Crippen molar-refractivity contribution in [2.45, 2.75) is 18.0 Å². The average Bonchev–Trinajstić information content (AvgIpc) is 3.52. The fourth-order valence-electron chi connectivity index (χ4n) is 3.79. The fourth-order valence-corrected chi connectivity index (χ4v) is 4.64. The van der Waals surface area contributed by atoms with Crippen LogP contribution in [0.5, 0.6) is 17.2 Å². The smallest absolute Gasteiger partial charge is 0.233 e. The number of nitrogens with zero attached hydrogens (tertiary/aromatic N) is 4. The molecule has 0 atom stereocenters. The Kier molecular flexibility index (Phi) is 7.02. The molecule has 0 spiro atoms. The van der Waals surface area contributed by atoms with Crippen LogP contribution in [-0.2, 0) is 4.79 Å². The summed E-state index contributed by atoms with van der Waals surface area (Å²) in [5, 5.41) is 9.04. The van der Waals surface area contributed by atoms with Crippen molar-refractivity contribution in [2.24, 2.45) is 0 Å². The molecule has 1 aliphatic heterocycles. The van der Waals surface area contributed by atoms with Gasteiger partial charge in [0.2, 0.25) is 11.7 Å². The highest BCUT2D eigenvalue weighted by molar-refractivity contribution is 7.99. The molecule has 1 aromatic heterocycles. The number of carbonyl (C=O) groups excluding carboxylic acids is 1. The molecule has 1 fully saturated rings. The number of hydrogen-bond acceptors (Lipinski definition) is 7. The molecule has 0 aliphatic carbocycles. The molecule has 0 radical (unpaired) electrons. The molecule has 10 heteroatoms. The van der Waals surface area contributed by atoms with Crippen LogP contribution >= 0.6 is 11.8 Å². The number of halogens is 1. The van der Waals surface area contributed by atoms with Crippen LogP contribution < -0.4 is 14.2 Å². The minimum atomic E-state index is -0.432. The second-order valence-corrected chi connectivity index (χ2v) is 8.33. The summed E-state index contributed by atoms with van der Waals surface area (Å²) in [4.78, 5) is 14.4. The predicted octanol–water partition coefficient (Wildman–Crippen LogP) is 3.81. The van der Waals surface area contributed by atoms with Crippen molar-refractivity contribution in [3.8, 4) is 34.3 Å². The molecule has 0 unspecified atom stereocenters. The van der Waals surface area contributed by atoms with Crippen LogP contribution in [0.3, 0.4) is 0 Å². The molecule has 0 N–H and O–H groups in total. The highest BCUT2D eigenvalue weighted by Crippen LogP contribution is 2.41. The van der Waals surface area contributed by atoms with Gasteiger partial charge in [0.15, 0.2) is 22.5 Å². The summed E-state index contributed by atoms with van der Waals surface area (Å²) in [7, 11) is 4.57. The predicted molar refractivity (Wildman–Crippen MR) is 123 cm³/mol. The first kappa shape index (κ1) is 22.9. The number of amides is 1. The zero-order chi connectivity index (χ0) is 23.4. The van der Waals surface area contributed by atoms with Crippen molar-refractivity contribution in [3.05, 3.63) is 42.2 Å². The third kappa shape index (κ3) is 4.61. The largest absolute Gasteiger partial charge is 0.493 e. The molecule has 1 saturated heterocycles. The molecule has 33 heavy (non-hydrogen) atoms. The zero-order valence-electron chi connectivity index (χ0n) is 18.7. The first-order chi connectivity index (χ1) is 16.1. The Morgan fingerprint density at radius 3 is 2.30 bits per heavy atom. The minimum Gasteiger partial charge on any atom is -0.493 e. The van der Waals surface area contributed by atoms with Gasteiger partial charge >= 0.3 is 0 Å². The molecule has 174 valence electrons. The Balaban J connectivity index is 1.78. The van der Waals surface area contributed by atoms with Crippen molar-refractivity contribution in [1.82, 2.24) is 19.7 Å². The van der Waals surface area contributed by atoms with E-state index in [2.05, 4.69) is 10.2 Å². The maximum atomic E-state index is 14.9. The minimum absolute atomic E-state index is 0.0370. The highest BCUT2D eigenvalue weighted by atomic mass is 32.2. The van der Waals surface area contributed by atoms with E-state index in [1.807, 2.05) is 4.90 Å². The Bertz CT molecular complexity index is 1120. The van der Waals surface area contributed by atoms with Gasteiger partial charge in [0.25, 0.3) is 0 Å². The van der Waals surface area contributed by atoms with Crippen LogP contribution in [0.4, 0.5) is 4.39 Å². The lowest BCUT2D eigenvalue weighted by molar-refractivity contribution is -0.127. The van der Waals surface area contributed by atoms with E-state index < -0.39 is 5.82 Å². The number of para-hydroxylation sites is 1. The van der Waals surface area contributed by atoms with E-state index in [1.165, 1.54) is 39.2 Å². The van der Waals surface area contributed by atoms with Gasteiger partial charge in [-0.25, -0.2) is 4.39 Å². The molecule has 2 aromatic carbocycles. The summed E-state index contributed by atoms with van der Waals surface area (Å²) in [6, 6.07) is 9.83. The van der Waals surface area contributed by atoms with Crippen LogP contribution in [0.2, 0.25) is 0 Å². The molecule has 0 saturated carbocycles. The molecule has 4 rings (SSSR count). The molecule has 1 amide bonds. The Morgan fingerprint density at radius 2 is 1.70 bits per heavy atom. The van der Waals surface area contributed by atoms with E-state index in [0.29, 0.717) is 33.8 Å². The van der Waals surface area contributed by atoms with Crippen LogP contribution in [0.1, 0.15) is 12.8 Å². The summed E-state index contributed by atoms with van der Waals surface area (Å²) in [6.07, 6.45) is 2.04. The van der Waals surface area contributed by atoms with Crippen molar-refractivity contribution >= 4 is 17.7 Å². The van der Waals surface area contributed by atoms with E-state index in [4.69, 9.17) is 14.2 Å². The molecule has 2 heterocycles. The van der Waals surface area contributed by atoms with Gasteiger partial charge in [0.1, 0.15) is 5.82 Å². The van der Waals surface area contributed by atoms with Gasteiger partial charge in [-0.05, 0) is 37.1 Å². The Morgan fingerprint density at radius 1 is 1.03 bits per heavy atom. The highest BCUT2D eigenvalue weighted by Gasteiger charge is 2.24. The van der Waals surface area contributed by atoms with Gasteiger partial charge in [-0.15, -0.1) is 10.2 Å². The molecule has 0 bridgehead atoms. The standard InChI is InChI=1S/C23H25FN4O4S/c1-30-18-12-15(13-19(31-2)21(18)32-3)22-25-26-23(28(22)17-9-5-4-8-16(17)24)33-14-20(29)27-10-6-7-11-27/h4-5,8-9,12-13H,6-7,10-11,14H2,1-3H3. The molecular formula is C23H25FN4O4S. The van der Waals surface area contributed by atoms with Crippen LogP contribution in [0, 0.1) is 5.82 Å². The summed E-state index contributed by atoms with van der Waals surface area (Å²) < 4.78 is 32.8. The summed E-state index contributed by atoms with van der Waals surface area (Å²) in [5.41, 5.74) is 0.875. The second kappa shape index (κ2) is 10.1. The normalized spacial score (nSPS) is 13.3. The van der Waals surface area contributed by atoms with Gasteiger partial charge < -0.3 is 19.1 Å². The quantitative estimate of drug-likeness (QED) is 0.461. The lowest BCUT2D eigenvalue weighted by atomic mass is 10.1. The van der Waals surface area contributed by atoms with E-state index >= 15 is 0 Å². The van der Waals surface area contributed by atoms with E-state index in [9.17, 15) is 9.18 Å². The number of methoxy groups -OCH3 is 3. The number of hydrogen-bond donors (Lipinski definition) is 0. The average molecular weight is 473 g/mol. The molecule has 1 aliphatic rings. The SMILES string of the molecule is COc1cc(-c2nnc(SCC(=O)N3CCCC3)n2-c2ccccc2F)cc(OC)c1OC. The van der Waals surface area contributed by atoms with Gasteiger partial charge in [-0.1, -0.05) is 23.9 Å². The summed E-state index contributed by atoms with van der Waals surface area (Å²) in [6.45, 7) is 1.55. The number of aromatic nitrogens is 3. The lowest BCUT2D eigenvalue weighted by Crippen LogP contribution is -2.29. The van der Waals surface area contributed by atoms with Gasteiger partial charge in [0, 0.05) is 18.7 Å². The number of carbonyl (C=O) groups is 1. The number of likely N-dealkylation sites (tertiary alicyclic amines) is 1. The number of rotatable bonds is 8. The van der Waals surface area contributed by atoms with Crippen LogP contribution in [-0.4, -0.2) is 65.7 Å². The van der Waals surface area contributed by atoms with Crippen LogP contribution in [0.25, 0.3) is 17.1 Å². The lowest BCUT2D eigenvalue weighted by Gasteiger charge is -2.16. The van der Waals surface area contributed by atoms with Crippen molar-refractivity contribution in [2.75, 3.05) is 40.2 Å². The molecule has 3 aromatic rings. The maximum absolute atomic E-state index is 14.9. The second-order valence-electron chi connectivity index (χ2n) is 7.38.